The number of carboxylic acid groups (broad SMARTS) is 1. The van der Waals surface area contributed by atoms with Crippen LogP contribution in [0.2, 0.25) is 0 Å². The summed E-state index contributed by atoms with van der Waals surface area (Å²) in [4.78, 5) is 23.4. The molecule has 0 spiro atoms. The molecule has 2 rings (SSSR count). The SMILES string of the molecule is CC1(C)Sc2ccc(CC(=O)O)cc2NC1=O. The van der Waals surface area contributed by atoms with Crippen molar-refractivity contribution in [3.05, 3.63) is 23.8 Å². The minimum absolute atomic E-state index is 0.0305. The molecule has 90 valence electrons. The van der Waals surface area contributed by atoms with Crippen LogP contribution in [0.5, 0.6) is 0 Å². The number of nitrogens with one attached hydrogen (secondary N) is 1. The van der Waals surface area contributed by atoms with Crippen molar-refractivity contribution >= 4 is 29.3 Å². The number of amides is 1. The maximum absolute atomic E-state index is 11.8. The lowest BCUT2D eigenvalue weighted by Crippen LogP contribution is -2.37. The molecule has 1 amide bonds. The molecule has 4 nitrogen and oxygen atoms in total. The van der Waals surface area contributed by atoms with Crippen LogP contribution in [0.3, 0.4) is 0 Å². The highest BCUT2D eigenvalue weighted by atomic mass is 32.2. The number of carbonyl (C=O) groups is 2. The topological polar surface area (TPSA) is 66.4 Å². The number of aliphatic carboxylic acids is 1. The van der Waals surface area contributed by atoms with Gasteiger partial charge >= 0.3 is 5.97 Å². The molecule has 0 aromatic heterocycles. The molecular weight excluding hydrogens is 238 g/mol. The second kappa shape index (κ2) is 4.07. The number of hydrogen-bond acceptors (Lipinski definition) is 3. The smallest absolute Gasteiger partial charge is 0.307 e. The van der Waals surface area contributed by atoms with E-state index in [0.717, 1.165) is 4.90 Å². The van der Waals surface area contributed by atoms with Crippen LogP contribution in [0, 0.1) is 0 Å². The van der Waals surface area contributed by atoms with Crippen molar-refractivity contribution in [1.82, 2.24) is 0 Å². The van der Waals surface area contributed by atoms with E-state index < -0.39 is 10.7 Å². The summed E-state index contributed by atoms with van der Waals surface area (Å²) in [5, 5.41) is 11.5. The first-order valence-corrected chi connectivity index (χ1v) is 6.05. The molecule has 0 saturated heterocycles. The summed E-state index contributed by atoms with van der Waals surface area (Å²) < 4.78 is -0.485. The van der Waals surface area contributed by atoms with Crippen molar-refractivity contribution < 1.29 is 14.7 Å². The first-order valence-electron chi connectivity index (χ1n) is 5.24. The monoisotopic (exact) mass is 251 g/mol. The zero-order chi connectivity index (χ0) is 12.6. The molecule has 0 radical (unpaired) electrons. The molecule has 2 N–H and O–H groups in total. The van der Waals surface area contributed by atoms with Crippen LogP contribution in [-0.4, -0.2) is 21.7 Å². The molecule has 1 aromatic carbocycles. The van der Waals surface area contributed by atoms with E-state index in [1.54, 1.807) is 12.1 Å². The van der Waals surface area contributed by atoms with Crippen LogP contribution in [0.4, 0.5) is 5.69 Å². The van der Waals surface area contributed by atoms with E-state index in [4.69, 9.17) is 5.11 Å². The fourth-order valence-electron chi connectivity index (χ4n) is 1.64. The molecule has 0 fully saturated rings. The molecule has 0 aliphatic carbocycles. The predicted octanol–water partition coefficient (Wildman–Crippen LogP) is 2.14. The van der Waals surface area contributed by atoms with E-state index >= 15 is 0 Å². The van der Waals surface area contributed by atoms with Gasteiger partial charge in [0.2, 0.25) is 5.91 Å². The fourth-order valence-corrected chi connectivity index (χ4v) is 2.69. The van der Waals surface area contributed by atoms with Crippen LogP contribution in [0.15, 0.2) is 23.1 Å². The van der Waals surface area contributed by atoms with Gasteiger partial charge in [0, 0.05) is 4.90 Å². The van der Waals surface area contributed by atoms with Gasteiger partial charge in [0.25, 0.3) is 0 Å². The summed E-state index contributed by atoms with van der Waals surface area (Å²) in [6, 6.07) is 5.37. The van der Waals surface area contributed by atoms with Crippen molar-refractivity contribution in [2.75, 3.05) is 5.32 Å². The molecule has 0 unspecified atom stereocenters. The zero-order valence-electron chi connectivity index (χ0n) is 9.61. The second-order valence-electron chi connectivity index (χ2n) is 4.47. The average Bonchev–Trinajstić information content (AvgIpc) is 2.19. The molecule has 1 heterocycles. The Balaban J connectivity index is 2.32. The Morgan fingerprint density at radius 3 is 2.82 bits per heavy atom. The van der Waals surface area contributed by atoms with Gasteiger partial charge in [-0.05, 0) is 31.5 Å². The Kier molecular flexibility index (Phi) is 2.87. The van der Waals surface area contributed by atoms with Gasteiger partial charge in [-0.15, -0.1) is 11.8 Å². The lowest BCUT2D eigenvalue weighted by atomic mass is 10.1. The largest absolute Gasteiger partial charge is 0.481 e. The van der Waals surface area contributed by atoms with E-state index in [9.17, 15) is 9.59 Å². The quantitative estimate of drug-likeness (QED) is 0.845. The number of fused-ring (bicyclic) bond motifs is 1. The maximum atomic E-state index is 11.8. The zero-order valence-corrected chi connectivity index (χ0v) is 10.4. The van der Waals surface area contributed by atoms with Crippen LogP contribution in [-0.2, 0) is 16.0 Å². The minimum atomic E-state index is -0.875. The lowest BCUT2D eigenvalue weighted by molar-refractivity contribution is -0.136. The number of benzene rings is 1. The summed E-state index contributed by atoms with van der Waals surface area (Å²) in [6.45, 7) is 3.72. The van der Waals surface area contributed by atoms with Crippen LogP contribution in [0.1, 0.15) is 19.4 Å². The first kappa shape index (κ1) is 12.0. The highest BCUT2D eigenvalue weighted by Gasteiger charge is 2.34. The van der Waals surface area contributed by atoms with Crippen LogP contribution < -0.4 is 5.32 Å². The van der Waals surface area contributed by atoms with E-state index in [-0.39, 0.29) is 12.3 Å². The molecular formula is C12H13NO3S. The third-order valence-corrected chi connectivity index (χ3v) is 3.83. The van der Waals surface area contributed by atoms with Crippen molar-refractivity contribution in [3.8, 4) is 0 Å². The number of hydrogen-bond donors (Lipinski definition) is 2. The van der Waals surface area contributed by atoms with Gasteiger partial charge in [0.1, 0.15) is 0 Å². The third-order valence-electron chi connectivity index (χ3n) is 2.56. The number of rotatable bonds is 2. The van der Waals surface area contributed by atoms with Gasteiger partial charge in [0.05, 0.1) is 16.9 Å². The van der Waals surface area contributed by atoms with Crippen molar-refractivity contribution in [2.45, 2.75) is 29.9 Å². The number of carboxylic acids is 1. The molecule has 1 aliphatic heterocycles. The van der Waals surface area contributed by atoms with Crippen LogP contribution >= 0.6 is 11.8 Å². The van der Waals surface area contributed by atoms with Crippen molar-refractivity contribution in [1.29, 1.82) is 0 Å². The normalized spacial score (nSPS) is 17.2. The van der Waals surface area contributed by atoms with Gasteiger partial charge in [-0.2, -0.15) is 0 Å². The summed E-state index contributed by atoms with van der Waals surface area (Å²) >= 11 is 1.49. The first-order chi connectivity index (χ1) is 7.88. The number of carbonyl (C=O) groups excluding carboxylic acids is 1. The summed E-state index contributed by atoms with van der Waals surface area (Å²) in [5.74, 6) is -0.928. The minimum Gasteiger partial charge on any atom is -0.481 e. The Labute approximate surface area is 103 Å². The molecule has 1 aliphatic rings. The number of anilines is 1. The van der Waals surface area contributed by atoms with Gasteiger partial charge in [-0.1, -0.05) is 6.07 Å². The van der Waals surface area contributed by atoms with Gasteiger partial charge < -0.3 is 10.4 Å². The molecule has 0 saturated carbocycles. The Hall–Kier alpha value is -1.49. The molecule has 17 heavy (non-hydrogen) atoms. The third kappa shape index (κ3) is 2.44. The molecule has 1 aromatic rings. The Morgan fingerprint density at radius 1 is 1.47 bits per heavy atom. The summed E-state index contributed by atoms with van der Waals surface area (Å²) in [5.41, 5.74) is 1.40. The average molecular weight is 251 g/mol. The van der Waals surface area contributed by atoms with Gasteiger partial charge in [-0.25, -0.2) is 0 Å². The molecule has 5 heteroatoms. The van der Waals surface area contributed by atoms with E-state index in [1.165, 1.54) is 11.8 Å². The van der Waals surface area contributed by atoms with Crippen molar-refractivity contribution in [2.24, 2.45) is 0 Å². The van der Waals surface area contributed by atoms with Crippen LogP contribution in [0.25, 0.3) is 0 Å². The summed E-state index contributed by atoms with van der Waals surface area (Å²) in [7, 11) is 0. The Bertz CT molecular complexity index is 497. The highest BCUT2D eigenvalue weighted by Crippen LogP contribution is 2.42. The summed E-state index contributed by atoms with van der Waals surface area (Å²) in [6.07, 6.45) is -0.0305. The lowest BCUT2D eigenvalue weighted by Gasteiger charge is -2.29. The predicted molar refractivity (Wildman–Crippen MR) is 66.3 cm³/mol. The number of thioether (sulfide) groups is 1. The van der Waals surface area contributed by atoms with E-state index in [0.29, 0.717) is 11.3 Å². The second-order valence-corrected chi connectivity index (χ2v) is 6.13. The van der Waals surface area contributed by atoms with E-state index in [1.807, 2.05) is 19.9 Å². The molecule has 0 atom stereocenters. The maximum Gasteiger partial charge on any atom is 0.307 e. The van der Waals surface area contributed by atoms with Crippen molar-refractivity contribution in [3.63, 3.8) is 0 Å². The Morgan fingerprint density at radius 2 is 2.18 bits per heavy atom. The fraction of sp³-hybridized carbons (Fsp3) is 0.333. The van der Waals surface area contributed by atoms with Gasteiger partial charge in [0.15, 0.2) is 0 Å². The van der Waals surface area contributed by atoms with Gasteiger partial charge in [-0.3, -0.25) is 9.59 Å². The standard InChI is InChI=1S/C12H13NO3S/c1-12(2)11(16)13-8-5-7(6-10(14)15)3-4-9(8)17-12/h3-5H,6H2,1-2H3,(H,13,16)(H,14,15). The molecule has 0 bridgehead atoms. The van der Waals surface area contributed by atoms with E-state index in [2.05, 4.69) is 5.32 Å². The highest BCUT2D eigenvalue weighted by molar-refractivity contribution is 8.01.